The van der Waals surface area contributed by atoms with E-state index < -0.39 is 16.1 Å². The molecule has 0 radical (unpaired) electrons. The van der Waals surface area contributed by atoms with Gasteiger partial charge in [-0.15, -0.1) is 11.3 Å². The van der Waals surface area contributed by atoms with Gasteiger partial charge in [-0.1, -0.05) is 18.2 Å². The summed E-state index contributed by atoms with van der Waals surface area (Å²) in [6.07, 6.45) is 0.458. The lowest BCUT2D eigenvalue weighted by Gasteiger charge is -2.17. The Labute approximate surface area is 141 Å². The van der Waals surface area contributed by atoms with Crippen LogP contribution in [0, 0.1) is 0 Å². The molecule has 0 bridgehead atoms. The molecule has 1 aliphatic heterocycles. The highest BCUT2D eigenvalue weighted by Gasteiger charge is 2.35. The normalized spacial score (nSPS) is 18.9. The zero-order valence-electron chi connectivity index (χ0n) is 11.4. The van der Waals surface area contributed by atoms with E-state index in [4.69, 9.17) is 0 Å². The quantitative estimate of drug-likeness (QED) is 0.857. The first-order valence-corrected chi connectivity index (χ1v) is 9.71. The van der Waals surface area contributed by atoms with E-state index in [1.54, 1.807) is 11.0 Å². The Balaban J connectivity index is 1.76. The summed E-state index contributed by atoms with van der Waals surface area (Å²) in [6, 6.07) is 11.7. The van der Waals surface area contributed by atoms with E-state index in [9.17, 15) is 13.2 Å². The first kappa shape index (κ1) is 15.7. The number of carbonyl (C=O) groups is 1. The van der Waals surface area contributed by atoms with E-state index in [1.165, 1.54) is 6.07 Å². The van der Waals surface area contributed by atoms with E-state index in [1.807, 2.05) is 30.3 Å². The molecule has 5 nitrogen and oxygen atoms in total. The molecule has 1 fully saturated rings. The first-order chi connectivity index (χ1) is 10.5. The van der Waals surface area contributed by atoms with Crippen LogP contribution in [-0.4, -0.2) is 26.9 Å². The Kier molecular flexibility index (Phi) is 4.35. The molecule has 8 heteroatoms. The Morgan fingerprint density at radius 3 is 2.55 bits per heavy atom. The summed E-state index contributed by atoms with van der Waals surface area (Å²) in [4.78, 5) is 14.0. The summed E-state index contributed by atoms with van der Waals surface area (Å²) in [5.41, 5.74) is 0.785. The van der Waals surface area contributed by atoms with Crippen LogP contribution in [0.4, 0.5) is 5.69 Å². The van der Waals surface area contributed by atoms with Crippen molar-refractivity contribution in [2.24, 2.45) is 0 Å². The molecule has 1 unspecified atom stereocenters. The van der Waals surface area contributed by atoms with Crippen LogP contribution >= 0.6 is 27.3 Å². The lowest BCUT2D eigenvalue weighted by molar-refractivity contribution is -0.118. The number of halogens is 1. The molecule has 2 aromatic rings. The van der Waals surface area contributed by atoms with Gasteiger partial charge in [0, 0.05) is 12.2 Å². The van der Waals surface area contributed by atoms with Crippen LogP contribution in [0.15, 0.2) is 50.5 Å². The van der Waals surface area contributed by atoms with Gasteiger partial charge in [0.05, 0.1) is 3.79 Å². The molecule has 1 amide bonds. The second kappa shape index (κ2) is 6.11. The van der Waals surface area contributed by atoms with Gasteiger partial charge in [0.1, 0.15) is 10.3 Å². The van der Waals surface area contributed by atoms with E-state index in [0.29, 0.717) is 13.0 Å². The summed E-state index contributed by atoms with van der Waals surface area (Å²) in [7, 11) is -3.67. The molecule has 0 saturated carbocycles. The Bertz CT molecular complexity index is 789. The Hall–Kier alpha value is -1.22. The average Bonchev–Trinajstić information content (AvgIpc) is 3.08. The van der Waals surface area contributed by atoms with Crippen molar-refractivity contribution >= 4 is 48.9 Å². The van der Waals surface area contributed by atoms with E-state index >= 15 is 0 Å². The van der Waals surface area contributed by atoms with Crippen LogP contribution < -0.4 is 9.62 Å². The van der Waals surface area contributed by atoms with Crippen LogP contribution in [0.2, 0.25) is 0 Å². The van der Waals surface area contributed by atoms with Gasteiger partial charge in [-0.05, 0) is 46.6 Å². The van der Waals surface area contributed by atoms with Crippen molar-refractivity contribution in [2.45, 2.75) is 16.7 Å². The number of amides is 1. The molecule has 0 aliphatic carbocycles. The highest BCUT2D eigenvalue weighted by atomic mass is 79.9. The van der Waals surface area contributed by atoms with Gasteiger partial charge in [0.25, 0.3) is 10.0 Å². The number of hydrogen-bond donors (Lipinski definition) is 1. The number of thiophene rings is 1. The second-order valence-electron chi connectivity index (χ2n) is 4.85. The minimum atomic E-state index is -3.67. The predicted molar refractivity (Wildman–Crippen MR) is 89.5 cm³/mol. The van der Waals surface area contributed by atoms with Crippen molar-refractivity contribution in [3.8, 4) is 0 Å². The summed E-state index contributed by atoms with van der Waals surface area (Å²) >= 11 is 4.36. The highest BCUT2D eigenvalue weighted by Crippen LogP contribution is 2.27. The first-order valence-electron chi connectivity index (χ1n) is 6.61. The fraction of sp³-hybridized carbons (Fsp3) is 0.214. The molecule has 1 atom stereocenters. The monoisotopic (exact) mass is 400 g/mol. The van der Waals surface area contributed by atoms with Crippen LogP contribution in [0.5, 0.6) is 0 Å². The minimum Gasteiger partial charge on any atom is -0.311 e. The van der Waals surface area contributed by atoms with Crippen molar-refractivity contribution < 1.29 is 13.2 Å². The molecule has 3 rings (SSSR count). The molecule has 2 heterocycles. The number of benzene rings is 1. The maximum atomic E-state index is 12.4. The van der Waals surface area contributed by atoms with Crippen molar-refractivity contribution in [3.05, 3.63) is 46.3 Å². The standard InChI is InChI=1S/C14H13BrN2O3S2/c15-12-6-7-13(21-12)22(19,20)16-11-8-9-17(14(11)18)10-4-2-1-3-5-10/h1-7,11,16H,8-9H2. The zero-order chi connectivity index (χ0) is 15.7. The number of nitrogens with zero attached hydrogens (tertiary/aromatic N) is 1. The van der Waals surface area contributed by atoms with Crippen molar-refractivity contribution in [1.82, 2.24) is 4.72 Å². The largest absolute Gasteiger partial charge is 0.311 e. The smallest absolute Gasteiger partial charge is 0.250 e. The molecule has 1 aliphatic rings. The van der Waals surface area contributed by atoms with Crippen LogP contribution in [-0.2, 0) is 14.8 Å². The fourth-order valence-electron chi connectivity index (χ4n) is 2.34. The molecule has 116 valence electrons. The lowest BCUT2D eigenvalue weighted by Crippen LogP contribution is -2.41. The SMILES string of the molecule is O=C1C(NS(=O)(=O)c2ccc(Br)s2)CCN1c1ccccc1. The molecule has 0 spiro atoms. The maximum Gasteiger partial charge on any atom is 0.250 e. The Morgan fingerprint density at radius 2 is 1.91 bits per heavy atom. The van der Waals surface area contributed by atoms with E-state index in [0.717, 1.165) is 20.8 Å². The third kappa shape index (κ3) is 3.10. The van der Waals surface area contributed by atoms with Gasteiger partial charge >= 0.3 is 0 Å². The molecule has 1 saturated heterocycles. The molecule has 1 N–H and O–H groups in total. The number of rotatable bonds is 4. The summed E-state index contributed by atoms with van der Waals surface area (Å²) in [5.74, 6) is -0.217. The van der Waals surface area contributed by atoms with Crippen LogP contribution in [0.1, 0.15) is 6.42 Å². The van der Waals surface area contributed by atoms with Crippen molar-refractivity contribution in [3.63, 3.8) is 0 Å². The van der Waals surface area contributed by atoms with Crippen molar-refractivity contribution in [1.29, 1.82) is 0 Å². The number of sulfonamides is 1. The summed E-state index contributed by atoms with van der Waals surface area (Å²) < 4.78 is 28.0. The molecular formula is C14H13BrN2O3S2. The summed E-state index contributed by atoms with van der Waals surface area (Å²) in [6.45, 7) is 0.504. The lowest BCUT2D eigenvalue weighted by atomic mass is 10.3. The Morgan fingerprint density at radius 1 is 1.18 bits per heavy atom. The maximum absolute atomic E-state index is 12.4. The summed E-state index contributed by atoms with van der Waals surface area (Å²) in [5, 5.41) is 0. The van der Waals surface area contributed by atoms with Crippen LogP contribution in [0.3, 0.4) is 0 Å². The fourth-order valence-corrected chi connectivity index (χ4v) is 5.59. The van der Waals surface area contributed by atoms with E-state index in [2.05, 4.69) is 20.7 Å². The van der Waals surface area contributed by atoms with Crippen LogP contribution in [0.25, 0.3) is 0 Å². The topological polar surface area (TPSA) is 66.5 Å². The third-order valence-corrected chi connectivity index (χ3v) is 6.97. The minimum absolute atomic E-state index is 0.199. The van der Waals surface area contributed by atoms with Gasteiger partial charge < -0.3 is 4.90 Å². The van der Waals surface area contributed by atoms with Gasteiger partial charge in [-0.3, -0.25) is 4.79 Å². The number of para-hydroxylation sites is 1. The average molecular weight is 401 g/mol. The molecule has 1 aromatic carbocycles. The highest BCUT2D eigenvalue weighted by molar-refractivity contribution is 9.11. The van der Waals surface area contributed by atoms with Crippen molar-refractivity contribution in [2.75, 3.05) is 11.4 Å². The third-order valence-electron chi connectivity index (χ3n) is 3.38. The van der Waals surface area contributed by atoms with Gasteiger partial charge in [0.15, 0.2) is 0 Å². The second-order valence-corrected chi connectivity index (χ2v) is 9.25. The van der Waals surface area contributed by atoms with E-state index in [-0.39, 0.29) is 10.1 Å². The molecule has 22 heavy (non-hydrogen) atoms. The van der Waals surface area contributed by atoms with Gasteiger partial charge in [-0.25, -0.2) is 8.42 Å². The molecule has 1 aromatic heterocycles. The number of carbonyl (C=O) groups excluding carboxylic acids is 1. The zero-order valence-corrected chi connectivity index (χ0v) is 14.6. The molecular weight excluding hydrogens is 388 g/mol. The van der Waals surface area contributed by atoms with Gasteiger partial charge in [-0.2, -0.15) is 4.72 Å². The van der Waals surface area contributed by atoms with Gasteiger partial charge in [0.2, 0.25) is 5.91 Å². The number of nitrogens with one attached hydrogen (secondary N) is 1. The number of anilines is 1. The predicted octanol–water partition coefficient (Wildman–Crippen LogP) is 2.59. The number of hydrogen-bond acceptors (Lipinski definition) is 4.